The van der Waals surface area contributed by atoms with Crippen molar-refractivity contribution in [3.8, 4) is 11.4 Å². The number of rotatable bonds is 7. The molecule has 0 aliphatic carbocycles. The molecule has 1 N–H and O–H groups in total. The van der Waals surface area contributed by atoms with Gasteiger partial charge in [-0.3, -0.25) is 4.79 Å². The molecule has 0 bridgehead atoms. The van der Waals surface area contributed by atoms with Crippen molar-refractivity contribution in [3.05, 3.63) is 70.0 Å². The number of carbonyl (C=O) groups excluding carboxylic acids is 1. The van der Waals surface area contributed by atoms with Crippen molar-refractivity contribution in [1.82, 2.24) is 15.5 Å². The molecule has 134 valence electrons. The molecule has 0 fully saturated rings. The van der Waals surface area contributed by atoms with E-state index < -0.39 is 0 Å². The van der Waals surface area contributed by atoms with Gasteiger partial charge in [-0.2, -0.15) is 4.98 Å². The zero-order valence-electron chi connectivity index (χ0n) is 14.2. The maximum Gasteiger partial charge on any atom is 0.246 e. The molecule has 0 unspecified atom stereocenters. The lowest BCUT2D eigenvalue weighted by molar-refractivity contribution is -0.118. The van der Waals surface area contributed by atoms with E-state index in [1.54, 1.807) is 11.8 Å². The fourth-order valence-electron chi connectivity index (χ4n) is 2.24. The van der Waals surface area contributed by atoms with Crippen molar-refractivity contribution in [2.75, 3.05) is 5.75 Å². The number of nitrogens with one attached hydrogen (secondary N) is 1. The topological polar surface area (TPSA) is 68.0 Å². The fourth-order valence-corrected chi connectivity index (χ4v) is 3.46. The Morgan fingerprint density at radius 1 is 1.23 bits per heavy atom. The van der Waals surface area contributed by atoms with Crippen LogP contribution in [0.4, 0.5) is 0 Å². The third-order valence-corrected chi connectivity index (χ3v) is 5.11. The van der Waals surface area contributed by atoms with Gasteiger partial charge >= 0.3 is 0 Å². The van der Waals surface area contributed by atoms with E-state index in [9.17, 15) is 4.79 Å². The largest absolute Gasteiger partial charge is 0.346 e. The van der Waals surface area contributed by atoms with E-state index >= 15 is 0 Å². The van der Waals surface area contributed by atoms with Crippen LogP contribution in [0, 0.1) is 6.92 Å². The van der Waals surface area contributed by atoms with Crippen molar-refractivity contribution in [3.63, 3.8) is 0 Å². The highest BCUT2D eigenvalue weighted by molar-refractivity contribution is 9.10. The van der Waals surface area contributed by atoms with E-state index in [1.165, 1.54) is 11.1 Å². The van der Waals surface area contributed by atoms with Crippen LogP contribution in [0.2, 0.25) is 0 Å². The summed E-state index contributed by atoms with van der Waals surface area (Å²) >= 11 is 4.99. The lowest BCUT2D eigenvalue weighted by Crippen LogP contribution is -2.24. The van der Waals surface area contributed by atoms with Crippen molar-refractivity contribution < 1.29 is 9.32 Å². The quantitative estimate of drug-likeness (QED) is 0.601. The van der Waals surface area contributed by atoms with Gasteiger partial charge in [-0.1, -0.05) is 63.0 Å². The number of aryl methyl sites for hydroxylation is 1. The van der Waals surface area contributed by atoms with Gasteiger partial charge in [0.2, 0.25) is 17.6 Å². The predicted octanol–water partition coefficient (Wildman–Crippen LogP) is 4.36. The highest BCUT2D eigenvalue weighted by Crippen LogP contribution is 2.20. The second-order valence-corrected chi connectivity index (χ2v) is 7.68. The number of halogens is 1. The first-order chi connectivity index (χ1) is 12.6. The molecule has 0 saturated heterocycles. The Bertz CT molecular complexity index is 881. The molecule has 1 amide bonds. The third kappa shape index (κ3) is 5.44. The number of benzene rings is 2. The Hall–Kier alpha value is -2.12. The Kier molecular flexibility index (Phi) is 6.46. The molecule has 5 nitrogen and oxygen atoms in total. The average Bonchev–Trinajstić information content (AvgIpc) is 3.11. The lowest BCUT2D eigenvalue weighted by atomic mass is 10.2. The van der Waals surface area contributed by atoms with Crippen molar-refractivity contribution in [1.29, 1.82) is 0 Å². The Morgan fingerprint density at radius 3 is 2.81 bits per heavy atom. The first-order valence-electron chi connectivity index (χ1n) is 8.08. The van der Waals surface area contributed by atoms with Crippen molar-refractivity contribution >= 4 is 33.6 Å². The number of amides is 1. The first kappa shape index (κ1) is 18.7. The van der Waals surface area contributed by atoms with E-state index in [0.717, 1.165) is 15.8 Å². The smallest absolute Gasteiger partial charge is 0.246 e. The zero-order chi connectivity index (χ0) is 18.4. The van der Waals surface area contributed by atoms with Crippen LogP contribution < -0.4 is 5.32 Å². The lowest BCUT2D eigenvalue weighted by Gasteiger charge is -2.03. The van der Waals surface area contributed by atoms with E-state index in [-0.39, 0.29) is 12.5 Å². The van der Waals surface area contributed by atoms with Crippen LogP contribution in [0.1, 0.15) is 17.0 Å². The summed E-state index contributed by atoms with van der Waals surface area (Å²) in [4.78, 5) is 16.3. The standard InChI is InChI=1S/C19H18BrN3O2S/c1-13-5-7-14(8-6-13)11-26-12-17(24)21-10-18-22-19(23-25-18)15-3-2-4-16(20)9-15/h2-9H,10-12H2,1H3,(H,21,24). The molecule has 0 atom stereocenters. The molecule has 0 spiro atoms. The van der Waals surface area contributed by atoms with Crippen LogP contribution in [0.5, 0.6) is 0 Å². The summed E-state index contributed by atoms with van der Waals surface area (Å²) in [5, 5.41) is 6.76. The van der Waals surface area contributed by atoms with Crippen LogP contribution >= 0.6 is 27.7 Å². The summed E-state index contributed by atoms with van der Waals surface area (Å²) in [5.74, 6) is 2.03. The molecule has 0 aliphatic rings. The number of hydrogen-bond acceptors (Lipinski definition) is 5. The van der Waals surface area contributed by atoms with Gasteiger partial charge in [-0.05, 0) is 24.6 Å². The fraction of sp³-hybridized carbons (Fsp3) is 0.211. The van der Waals surface area contributed by atoms with Crippen molar-refractivity contribution in [2.45, 2.75) is 19.2 Å². The normalized spacial score (nSPS) is 10.7. The maximum atomic E-state index is 12.0. The summed E-state index contributed by atoms with van der Waals surface area (Å²) in [6.07, 6.45) is 0. The summed E-state index contributed by atoms with van der Waals surface area (Å²) in [6.45, 7) is 2.29. The minimum Gasteiger partial charge on any atom is -0.346 e. The summed E-state index contributed by atoms with van der Waals surface area (Å²) in [7, 11) is 0. The monoisotopic (exact) mass is 431 g/mol. The van der Waals surface area contributed by atoms with Crippen LogP contribution in [-0.2, 0) is 17.1 Å². The minimum absolute atomic E-state index is 0.0516. The molecule has 1 heterocycles. The molecule has 1 aromatic heterocycles. The number of aromatic nitrogens is 2. The number of hydrogen-bond donors (Lipinski definition) is 1. The van der Waals surface area contributed by atoms with Crippen LogP contribution in [0.15, 0.2) is 57.5 Å². The van der Waals surface area contributed by atoms with Crippen molar-refractivity contribution in [2.24, 2.45) is 0 Å². The molecule has 3 aromatic rings. The van der Waals surface area contributed by atoms with Gasteiger partial charge in [0.05, 0.1) is 12.3 Å². The predicted molar refractivity (Wildman–Crippen MR) is 107 cm³/mol. The molecule has 0 saturated carbocycles. The third-order valence-electron chi connectivity index (χ3n) is 3.61. The SMILES string of the molecule is Cc1ccc(CSCC(=O)NCc2nc(-c3cccc(Br)c3)no2)cc1. The summed E-state index contributed by atoms with van der Waals surface area (Å²) in [5.41, 5.74) is 3.30. The van der Waals surface area contributed by atoms with Gasteiger partial charge in [-0.25, -0.2) is 0 Å². The van der Waals surface area contributed by atoms with E-state index in [4.69, 9.17) is 4.52 Å². The highest BCUT2D eigenvalue weighted by atomic mass is 79.9. The molecule has 26 heavy (non-hydrogen) atoms. The second kappa shape index (κ2) is 9.00. The van der Waals surface area contributed by atoms with Gasteiger partial charge in [0.25, 0.3) is 0 Å². The van der Waals surface area contributed by atoms with Crippen LogP contribution in [0.3, 0.4) is 0 Å². The van der Waals surface area contributed by atoms with E-state index in [0.29, 0.717) is 17.5 Å². The van der Waals surface area contributed by atoms with Gasteiger partial charge in [0, 0.05) is 15.8 Å². The number of thioether (sulfide) groups is 1. The average molecular weight is 432 g/mol. The van der Waals surface area contributed by atoms with Gasteiger partial charge in [0.15, 0.2) is 0 Å². The van der Waals surface area contributed by atoms with E-state index in [1.807, 2.05) is 24.3 Å². The maximum absolute atomic E-state index is 12.0. The van der Waals surface area contributed by atoms with Gasteiger partial charge in [0.1, 0.15) is 0 Å². The highest BCUT2D eigenvalue weighted by Gasteiger charge is 2.10. The van der Waals surface area contributed by atoms with Gasteiger partial charge < -0.3 is 9.84 Å². The molecule has 7 heteroatoms. The van der Waals surface area contributed by atoms with Gasteiger partial charge in [-0.15, -0.1) is 11.8 Å². The summed E-state index contributed by atoms with van der Waals surface area (Å²) in [6, 6.07) is 16.0. The molecule has 0 aliphatic heterocycles. The molecule has 3 rings (SSSR count). The first-order valence-corrected chi connectivity index (χ1v) is 10.0. The second-order valence-electron chi connectivity index (χ2n) is 5.78. The summed E-state index contributed by atoms with van der Waals surface area (Å²) < 4.78 is 6.14. The van der Waals surface area contributed by atoms with E-state index in [2.05, 4.69) is 62.6 Å². The number of nitrogens with zero attached hydrogens (tertiary/aromatic N) is 2. The molecule has 2 aromatic carbocycles. The Labute approximate surface area is 164 Å². The molecule has 0 radical (unpaired) electrons. The molecular formula is C19H18BrN3O2S. The Morgan fingerprint density at radius 2 is 2.04 bits per heavy atom. The van der Waals surface area contributed by atoms with Crippen LogP contribution in [0.25, 0.3) is 11.4 Å². The number of carbonyl (C=O) groups is 1. The zero-order valence-corrected chi connectivity index (χ0v) is 16.6. The van der Waals surface area contributed by atoms with Crippen LogP contribution in [-0.4, -0.2) is 21.8 Å². The Balaban J connectivity index is 1.44. The minimum atomic E-state index is -0.0516. The molecular weight excluding hydrogens is 414 g/mol.